The number of rotatable bonds is 7. The molecule has 1 fully saturated rings. The fourth-order valence-corrected chi connectivity index (χ4v) is 5.57. The Balaban J connectivity index is 2.03. The monoisotopic (exact) mass is 690 g/mol. The second kappa shape index (κ2) is 17.1. The lowest BCUT2D eigenvalue weighted by Crippen LogP contribution is -2.58. The number of thiol groups is 2. The molecule has 3 rings (SSSR count). The van der Waals surface area contributed by atoms with E-state index in [4.69, 9.17) is 9.47 Å². The molecule has 1 saturated heterocycles. The number of hydrogen-bond donors (Lipinski definition) is 6. The highest BCUT2D eigenvalue weighted by molar-refractivity contribution is 7.80. The van der Waals surface area contributed by atoms with Crippen LogP contribution in [0.4, 0.5) is 4.79 Å². The number of aromatic nitrogens is 1. The maximum atomic E-state index is 13.8. The van der Waals surface area contributed by atoms with Gasteiger partial charge in [0.2, 0.25) is 17.7 Å². The highest BCUT2D eigenvalue weighted by atomic mass is 32.1. The summed E-state index contributed by atoms with van der Waals surface area (Å²) in [5.41, 5.74) is 0.360. The van der Waals surface area contributed by atoms with Gasteiger partial charge in [0.1, 0.15) is 23.8 Å². The molecule has 1 aromatic carbocycles. The molecule has 4 N–H and O–H groups in total. The number of aliphatic hydroxyl groups excluding tert-OH is 1. The van der Waals surface area contributed by atoms with Gasteiger partial charge in [-0.3, -0.25) is 23.7 Å². The maximum Gasteiger partial charge on any atom is 0.419 e. The van der Waals surface area contributed by atoms with Gasteiger partial charge in [0, 0.05) is 23.8 Å². The Bertz CT molecular complexity index is 1470. The zero-order valence-corrected chi connectivity index (χ0v) is 29.2. The van der Waals surface area contributed by atoms with Crippen LogP contribution in [0.3, 0.4) is 0 Å². The van der Waals surface area contributed by atoms with E-state index in [1.165, 1.54) is 4.57 Å². The minimum Gasteiger partial charge on any atom is -0.457 e. The maximum absolute atomic E-state index is 13.8. The Hall–Kier alpha value is -3.49. The number of carbonyl (C=O) groups is 5. The van der Waals surface area contributed by atoms with Gasteiger partial charge in [0.05, 0.1) is 30.5 Å². The molecule has 47 heavy (non-hydrogen) atoms. The lowest BCUT2D eigenvalue weighted by Gasteiger charge is -2.29. The summed E-state index contributed by atoms with van der Waals surface area (Å²) < 4.78 is 12.5. The van der Waals surface area contributed by atoms with Crippen molar-refractivity contribution >= 4 is 65.9 Å². The van der Waals surface area contributed by atoms with E-state index < -0.39 is 72.1 Å². The molecular formula is C33H46N4O8S2. The van der Waals surface area contributed by atoms with Gasteiger partial charge in [0.15, 0.2) is 0 Å². The zero-order chi connectivity index (χ0) is 34.9. The molecule has 0 saturated carbocycles. The van der Waals surface area contributed by atoms with Crippen molar-refractivity contribution in [1.82, 2.24) is 20.5 Å². The van der Waals surface area contributed by atoms with Crippen molar-refractivity contribution in [3.8, 4) is 0 Å². The Kier molecular flexibility index (Phi) is 13.8. The molecule has 0 spiro atoms. The lowest BCUT2D eigenvalue weighted by atomic mass is 9.96. The van der Waals surface area contributed by atoms with Gasteiger partial charge in [-0.05, 0) is 56.6 Å². The molecule has 2 heterocycles. The molecule has 0 bridgehead atoms. The molecule has 1 aromatic heterocycles. The normalized spacial score (nSPS) is 23.9. The minimum absolute atomic E-state index is 0.0535. The third-order valence-electron chi connectivity index (χ3n) is 7.41. The Labute approximate surface area is 286 Å². The summed E-state index contributed by atoms with van der Waals surface area (Å²) in [5, 5.41) is 19.7. The fraction of sp³-hybridized carbons (Fsp3) is 0.545. The van der Waals surface area contributed by atoms with E-state index in [0.29, 0.717) is 28.6 Å². The second-order valence-corrected chi connectivity index (χ2v) is 13.6. The average Bonchev–Trinajstić information content (AvgIpc) is 3.35. The number of cyclic esters (lactones) is 1. The number of esters is 1. The molecule has 14 heteroatoms. The van der Waals surface area contributed by atoms with E-state index in [1.54, 1.807) is 77.2 Å². The number of para-hydroxylation sites is 1. The van der Waals surface area contributed by atoms with Crippen molar-refractivity contribution < 1.29 is 38.6 Å². The number of nitrogens with one attached hydrogen (secondary N) is 3. The van der Waals surface area contributed by atoms with E-state index >= 15 is 0 Å². The molecule has 1 aliphatic heterocycles. The van der Waals surface area contributed by atoms with Crippen LogP contribution >= 0.6 is 25.3 Å². The first-order valence-electron chi connectivity index (χ1n) is 15.6. The van der Waals surface area contributed by atoms with Crippen LogP contribution in [0.15, 0.2) is 42.6 Å². The van der Waals surface area contributed by atoms with Crippen molar-refractivity contribution in [1.29, 1.82) is 0 Å². The van der Waals surface area contributed by atoms with E-state index in [2.05, 4.69) is 41.2 Å². The lowest BCUT2D eigenvalue weighted by molar-refractivity contribution is -0.151. The van der Waals surface area contributed by atoms with Crippen molar-refractivity contribution in [2.24, 2.45) is 5.92 Å². The van der Waals surface area contributed by atoms with Crippen molar-refractivity contribution in [3.63, 3.8) is 0 Å². The molecule has 0 radical (unpaired) electrons. The van der Waals surface area contributed by atoms with Gasteiger partial charge >= 0.3 is 12.1 Å². The fourth-order valence-electron chi connectivity index (χ4n) is 5.16. The van der Waals surface area contributed by atoms with Crippen LogP contribution in [0.5, 0.6) is 0 Å². The number of nitrogens with zero attached hydrogens (tertiary/aromatic N) is 1. The molecule has 2 aromatic rings. The van der Waals surface area contributed by atoms with Crippen molar-refractivity contribution in [3.05, 3.63) is 48.2 Å². The predicted molar refractivity (Wildman–Crippen MR) is 184 cm³/mol. The SMILES string of the molecule is CC(C)[C@H]1NC(=O)[C@@H](CS)NC(=O)[C@@H](Cc2cn(C(=O)OC(C)(C)C)c3ccccc23)NC(=O)C[C@@H](C=CCCS)OC(=O)C[C@@H]1O. The Morgan fingerprint density at radius 1 is 1.06 bits per heavy atom. The summed E-state index contributed by atoms with van der Waals surface area (Å²) in [6.45, 7) is 8.81. The zero-order valence-electron chi connectivity index (χ0n) is 27.4. The highest BCUT2D eigenvalue weighted by Crippen LogP contribution is 2.24. The number of hydrogen-bond acceptors (Lipinski definition) is 10. The third kappa shape index (κ3) is 11.0. The Morgan fingerprint density at radius 2 is 1.74 bits per heavy atom. The number of benzene rings is 1. The molecular weight excluding hydrogens is 645 g/mol. The largest absolute Gasteiger partial charge is 0.457 e. The van der Waals surface area contributed by atoms with E-state index in [1.807, 2.05) is 0 Å². The average molecular weight is 691 g/mol. The number of allylic oxidation sites excluding steroid dienone is 1. The van der Waals surface area contributed by atoms with E-state index in [-0.39, 0.29) is 24.5 Å². The Morgan fingerprint density at radius 3 is 2.38 bits per heavy atom. The number of ether oxygens (including phenoxy) is 2. The molecule has 258 valence electrons. The first-order chi connectivity index (χ1) is 22.1. The number of amides is 3. The van der Waals surface area contributed by atoms with Crippen LogP contribution in [0.2, 0.25) is 0 Å². The number of carbonyl (C=O) groups excluding carboxylic acids is 5. The van der Waals surface area contributed by atoms with Crippen LogP contribution in [0.25, 0.3) is 10.9 Å². The van der Waals surface area contributed by atoms with Crippen LogP contribution in [0, 0.1) is 5.92 Å². The van der Waals surface area contributed by atoms with Gasteiger partial charge < -0.3 is 30.5 Å². The van der Waals surface area contributed by atoms with Crippen LogP contribution < -0.4 is 16.0 Å². The summed E-state index contributed by atoms with van der Waals surface area (Å²) in [4.78, 5) is 66.5. The third-order valence-corrected chi connectivity index (χ3v) is 8.03. The summed E-state index contributed by atoms with van der Waals surface area (Å²) in [7, 11) is 0. The topological polar surface area (TPSA) is 165 Å². The summed E-state index contributed by atoms with van der Waals surface area (Å²) in [6.07, 6.45) is 1.74. The quantitative estimate of drug-likeness (QED) is 0.147. The van der Waals surface area contributed by atoms with E-state index in [9.17, 15) is 29.1 Å². The smallest absolute Gasteiger partial charge is 0.419 e. The van der Waals surface area contributed by atoms with Gasteiger partial charge in [0.25, 0.3) is 0 Å². The molecule has 12 nitrogen and oxygen atoms in total. The first kappa shape index (κ1) is 38.0. The van der Waals surface area contributed by atoms with Crippen molar-refractivity contribution in [2.75, 3.05) is 11.5 Å². The van der Waals surface area contributed by atoms with Gasteiger partial charge in [-0.15, -0.1) is 0 Å². The van der Waals surface area contributed by atoms with E-state index in [0.717, 1.165) is 0 Å². The number of aliphatic hydroxyl groups is 1. The second-order valence-electron chi connectivity index (χ2n) is 12.8. The van der Waals surface area contributed by atoms with Gasteiger partial charge in [-0.1, -0.05) is 38.1 Å². The van der Waals surface area contributed by atoms with Crippen LogP contribution in [-0.4, -0.2) is 86.9 Å². The summed E-state index contributed by atoms with van der Waals surface area (Å²) >= 11 is 8.46. The molecule has 1 aliphatic rings. The summed E-state index contributed by atoms with van der Waals surface area (Å²) in [6, 6.07) is 3.92. The molecule has 0 aliphatic carbocycles. The molecule has 0 unspecified atom stereocenters. The van der Waals surface area contributed by atoms with Crippen LogP contribution in [0.1, 0.15) is 59.4 Å². The standard InChI is InChI=1S/C33H46N4O8S2/c1-19(2)29-26(38)16-28(40)44-21(10-8-9-13-46)15-27(39)34-23(30(41)35-24(18-47)31(42)36-29)14-20-17-37(32(43)45-33(3,4)5)25-12-7-6-11-22(20)25/h6-8,10-12,17,19,21,23-24,26,29,38,46-47H,9,13-16,18H2,1-5H3,(H,34,39)(H,35,41)(H,36,42)/t21-,23-,24-,26+,29-/m1/s1. The highest BCUT2D eigenvalue weighted by Gasteiger charge is 2.33. The van der Waals surface area contributed by atoms with Gasteiger partial charge in [-0.2, -0.15) is 25.3 Å². The number of fused-ring (bicyclic) bond motifs is 1. The van der Waals surface area contributed by atoms with Crippen molar-refractivity contribution in [2.45, 2.75) is 96.2 Å². The summed E-state index contributed by atoms with van der Waals surface area (Å²) in [5.74, 6) is -2.48. The van der Waals surface area contributed by atoms with Crippen LogP contribution in [-0.2, 0) is 35.1 Å². The van der Waals surface area contributed by atoms with Gasteiger partial charge in [-0.25, -0.2) is 4.79 Å². The molecule has 3 amide bonds. The minimum atomic E-state index is -1.29. The first-order valence-corrected chi connectivity index (χ1v) is 16.9. The molecule has 5 atom stereocenters. The predicted octanol–water partition coefficient (Wildman–Crippen LogP) is 2.95.